The van der Waals surface area contributed by atoms with Crippen molar-refractivity contribution in [2.24, 2.45) is 5.41 Å². The van der Waals surface area contributed by atoms with Gasteiger partial charge < -0.3 is 4.90 Å². The van der Waals surface area contributed by atoms with Crippen LogP contribution in [0, 0.1) is 16.7 Å². The normalized spacial score (nSPS) is 11.2. The standard InChI is InChI=1S/C11H20N2O/c1-6-7-13(9(2)3)10(14)11(4,5)8-12/h9H,6-7H2,1-5H3. The number of amides is 1. The van der Waals surface area contributed by atoms with E-state index in [1.165, 1.54) is 0 Å². The van der Waals surface area contributed by atoms with E-state index in [0.29, 0.717) is 0 Å². The summed E-state index contributed by atoms with van der Waals surface area (Å²) >= 11 is 0. The maximum Gasteiger partial charge on any atom is 0.242 e. The van der Waals surface area contributed by atoms with Crippen LogP contribution in [0.1, 0.15) is 41.0 Å². The summed E-state index contributed by atoms with van der Waals surface area (Å²) in [6.45, 7) is 10.0. The molecule has 0 aromatic rings. The average Bonchev–Trinajstić information content (AvgIpc) is 2.12. The minimum atomic E-state index is -0.903. The van der Waals surface area contributed by atoms with Crippen molar-refractivity contribution < 1.29 is 4.79 Å². The van der Waals surface area contributed by atoms with Gasteiger partial charge in [0.15, 0.2) is 0 Å². The quantitative estimate of drug-likeness (QED) is 0.691. The van der Waals surface area contributed by atoms with Gasteiger partial charge in [0.1, 0.15) is 5.41 Å². The third-order valence-electron chi connectivity index (χ3n) is 2.16. The van der Waals surface area contributed by atoms with Crippen molar-refractivity contribution in [3.05, 3.63) is 0 Å². The molecule has 0 saturated heterocycles. The number of hydrogen-bond acceptors (Lipinski definition) is 2. The molecule has 0 aliphatic carbocycles. The van der Waals surface area contributed by atoms with E-state index < -0.39 is 5.41 Å². The number of hydrogen-bond donors (Lipinski definition) is 0. The summed E-state index contributed by atoms with van der Waals surface area (Å²) in [6.07, 6.45) is 0.922. The average molecular weight is 196 g/mol. The number of nitriles is 1. The molecule has 0 atom stereocenters. The number of rotatable bonds is 4. The zero-order valence-electron chi connectivity index (χ0n) is 9.79. The molecule has 3 heteroatoms. The van der Waals surface area contributed by atoms with E-state index in [2.05, 4.69) is 0 Å². The van der Waals surface area contributed by atoms with Gasteiger partial charge in [0.05, 0.1) is 6.07 Å². The summed E-state index contributed by atoms with van der Waals surface area (Å²) in [5.74, 6) is -0.0724. The Labute approximate surface area is 86.7 Å². The first-order valence-corrected chi connectivity index (χ1v) is 5.09. The molecule has 0 N–H and O–H groups in total. The van der Waals surface area contributed by atoms with Crippen molar-refractivity contribution >= 4 is 5.91 Å². The molecule has 0 fully saturated rings. The summed E-state index contributed by atoms with van der Waals surface area (Å²) < 4.78 is 0. The molecule has 1 amide bonds. The third kappa shape index (κ3) is 3.02. The smallest absolute Gasteiger partial charge is 0.242 e. The minimum absolute atomic E-state index is 0.0724. The van der Waals surface area contributed by atoms with Crippen LogP contribution in [-0.4, -0.2) is 23.4 Å². The summed E-state index contributed by atoms with van der Waals surface area (Å²) in [6, 6.07) is 2.21. The van der Waals surface area contributed by atoms with Crippen LogP contribution >= 0.6 is 0 Å². The molecule has 0 bridgehead atoms. The van der Waals surface area contributed by atoms with Crippen molar-refractivity contribution in [2.45, 2.75) is 47.1 Å². The molecule has 0 saturated carbocycles. The van der Waals surface area contributed by atoms with Gasteiger partial charge in [0, 0.05) is 12.6 Å². The van der Waals surface area contributed by atoms with Gasteiger partial charge in [-0.1, -0.05) is 6.92 Å². The van der Waals surface area contributed by atoms with Crippen LogP contribution in [0.5, 0.6) is 0 Å². The molecule has 0 aromatic carbocycles. The molecule has 0 radical (unpaired) electrons. The molecule has 0 aliphatic heterocycles. The van der Waals surface area contributed by atoms with E-state index in [1.807, 2.05) is 26.8 Å². The minimum Gasteiger partial charge on any atom is -0.339 e. The molecule has 0 aromatic heterocycles. The Kier molecular flexibility index (Phi) is 4.62. The fourth-order valence-electron chi connectivity index (χ4n) is 1.24. The Balaban J connectivity index is 4.70. The molecule has 0 spiro atoms. The molecule has 14 heavy (non-hydrogen) atoms. The van der Waals surface area contributed by atoms with Crippen LogP contribution in [0.2, 0.25) is 0 Å². The van der Waals surface area contributed by atoms with E-state index >= 15 is 0 Å². The molecule has 0 unspecified atom stereocenters. The second-order valence-electron chi connectivity index (χ2n) is 4.33. The Bertz CT molecular complexity index is 238. The van der Waals surface area contributed by atoms with Gasteiger partial charge in [-0.05, 0) is 34.1 Å². The molecule has 80 valence electrons. The van der Waals surface area contributed by atoms with Crippen molar-refractivity contribution in [3.8, 4) is 6.07 Å². The number of nitrogens with zero attached hydrogens (tertiary/aromatic N) is 2. The van der Waals surface area contributed by atoms with E-state index in [4.69, 9.17) is 5.26 Å². The Morgan fingerprint density at radius 3 is 2.29 bits per heavy atom. The van der Waals surface area contributed by atoms with E-state index in [9.17, 15) is 4.79 Å². The number of carbonyl (C=O) groups excluding carboxylic acids is 1. The van der Waals surface area contributed by atoms with Gasteiger partial charge in [-0.25, -0.2) is 0 Å². The Morgan fingerprint density at radius 2 is 2.00 bits per heavy atom. The molecule has 3 nitrogen and oxygen atoms in total. The van der Waals surface area contributed by atoms with E-state index in [-0.39, 0.29) is 11.9 Å². The summed E-state index contributed by atoms with van der Waals surface area (Å²) in [5.41, 5.74) is -0.903. The summed E-state index contributed by atoms with van der Waals surface area (Å²) in [5, 5.41) is 8.87. The van der Waals surface area contributed by atoms with Crippen LogP contribution in [0.4, 0.5) is 0 Å². The van der Waals surface area contributed by atoms with Crippen molar-refractivity contribution in [2.75, 3.05) is 6.54 Å². The predicted octanol–water partition coefficient (Wildman–Crippen LogP) is 2.18. The Morgan fingerprint density at radius 1 is 1.50 bits per heavy atom. The second-order valence-corrected chi connectivity index (χ2v) is 4.33. The molecule has 0 aliphatic rings. The Hall–Kier alpha value is -1.04. The van der Waals surface area contributed by atoms with Crippen LogP contribution in [0.3, 0.4) is 0 Å². The van der Waals surface area contributed by atoms with E-state index in [0.717, 1.165) is 13.0 Å². The monoisotopic (exact) mass is 196 g/mol. The van der Waals surface area contributed by atoms with Gasteiger partial charge in [-0.15, -0.1) is 0 Å². The van der Waals surface area contributed by atoms with Gasteiger partial charge in [0.25, 0.3) is 0 Å². The topological polar surface area (TPSA) is 44.1 Å². The first-order chi connectivity index (χ1) is 6.36. The second kappa shape index (κ2) is 4.99. The van der Waals surface area contributed by atoms with Crippen molar-refractivity contribution in [1.82, 2.24) is 4.90 Å². The van der Waals surface area contributed by atoms with Crippen molar-refractivity contribution in [1.29, 1.82) is 5.26 Å². The number of carbonyl (C=O) groups is 1. The zero-order valence-corrected chi connectivity index (χ0v) is 9.79. The molecular formula is C11H20N2O. The highest BCUT2D eigenvalue weighted by Gasteiger charge is 2.32. The van der Waals surface area contributed by atoms with Crippen molar-refractivity contribution in [3.63, 3.8) is 0 Å². The summed E-state index contributed by atoms with van der Waals surface area (Å²) in [4.78, 5) is 13.7. The SMILES string of the molecule is CCCN(C(=O)C(C)(C)C#N)C(C)C. The third-order valence-corrected chi connectivity index (χ3v) is 2.16. The summed E-state index contributed by atoms with van der Waals surface area (Å²) in [7, 11) is 0. The maximum absolute atomic E-state index is 11.9. The fraction of sp³-hybridized carbons (Fsp3) is 0.818. The largest absolute Gasteiger partial charge is 0.339 e. The highest BCUT2D eigenvalue weighted by molar-refractivity contribution is 5.84. The zero-order chi connectivity index (χ0) is 11.4. The fourth-order valence-corrected chi connectivity index (χ4v) is 1.24. The lowest BCUT2D eigenvalue weighted by Gasteiger charge is -2.31. The van der Waals surface area contributed by atoms with E-state index in [1.54, 1.807) is 18.7 Å². The van der Waals surface area contributed by atoms with Gasteiger partial charge in [-0.3, -0.25) is 4.79 Å². The highest BCUT2D eigenvalue weighted by Crippen LogP contribution is 2.19. The lowest BCUT2D eigenvalue weighted by molar-refractivity contribution is -0.139. The van der Waals surface area contributed by atoms with Gasteiger partial charge >= 0.3 is 0 Å². The first-order valence-electron chi connectivity index (χ1n) is 5.09. The van der Waals surface area contributed by atoms with Crippen LogP contribution < -0.4 is 0 Å². The molecule has 0 heterocycles. The predicted molar refractivity (Wildman–Crippen MR) is 56.5 cm³/mol. The highest BCUT2D eigenvalue weighted by atomic mass is 16.2. The lowest BCUT2D eigenvalue weighted by atomic mass is 9.93. The maximum atomic E-state index is 11.9. The molecular weight excluding hydrogens is 176 g/mol. The lowest BCUT2D eigenvalue weighted by Crippen LogP contribution is -2.44. The van der Waals surface area contributed by atoms with Gasteiger partial charge in [-0.2, -0.15) is 5.26 Å². The molecule has 0 rings (SSSR count). The van der Waals surface area contributed by atoms with Crippen LogP contribution in [0.25, 0.3) is 0 Å². The van der Waals surface area contributed by atoms with Crippen LogP contribution in [-0.2, 0) is 4.79 Å². The first kappa shape index (κ1) is 13.0. The van der Waals surface area contributed by atoms with Crippen LogP contribution in [0.15, 0.2) is 0 Å². The van der Waals surface area contributed by atoms with Gasteiger partial charge in [0.2, 0.25) is 5.91 Å².